The van der Waals surface area contributed by atoms with Gasteiger partial charge in [0.25, 0.3) is 5.56 Å². The second-order valence-electron chi connectivity index (χ2n) is 8.29. The largest absolute Gasteiger partial charge is 0.337 e. The zero-order chi connectivity index (χ0) is 20.5. The van der Waals surface area contributed by atoms with Crippen molar-refractivity contribution in [2.45, 2.75) is 25.8 Å². The van der Waals surface area contributed by atoms with Crippen LogP contribution in [0.1, 0.15) is 36.7 Å². The van der Waals surface area contributed by atoms with Crippen molar-refractivity contribution in [3.8, 4) is 0 Å². The minimum atomic E-state index is -0.182. The number of aryl methyl sites for hydroxylation is 1. The molecule has 0 bridgehead atoms. The van der Waals surface area contributed by atoms with E-state index in [9.17, 15) is 4.79 Å². The summed E-state index contributed by atoms with van der Waals surface area (Å²) in [7, 11) is 1.77. The second kappa shape index (κ2) is 5.94. The molecule has 150 valence electrons. The number of pyridine rings is 1. The molecule has 3 atom stereocenters. The number of aromatic nitrogens is 7. The summed E-state index contributed by atoms with van der Waals surface area (Å²) in [5.41, 5.74) is 3.05. The smallest absolute Gasteiger partial charge is 0.280 e. The summed E-state index contributed by atoms with van der Waals surface area (Å²) in [5.74, 6) is 1.79. The van der Waals surface area contributed by atoms with E-state index in [2.05, 4.69) is 38.1 Å². The van der Waals surface area contributed by atoms with E-state index < -0.39 is 0 Å². The van der Waals surface area contributed by atoms with Crippen LogP contribution in [0, 0.1) is 11.3 Å². The number of nitrogens with zero attached hydrogens (tertiary/aromatic N) is 7. The van der Waals surface area contributed by atoms with Gasteiger partial charge in [0.2, 0.25) is 5.89 Å². The summed E-state index contributed by atoms with van der Waals surface area (Å²) in [6.45, 7) is 2.42. The van der Waals surface area contributed by atoms with Crippen molar-refractivity contribution >= 4 is 16.7 Å². The lowest BCUT2D eigenvalue weighted by Crippen LogP contribution is -2.22. The molecule has 4 aromatic heterocycles. The van der Waals surface area contributed by atoms with Crippen LogP contribution in [-0.4, -0.2) is 34.2 Å². The molecule has 4 heterocycles. The van der Waals surface area contributed by atoms with Crippen molar-refractivity contribution < 1.29 is 4.52 Å². The first-order valence-corrected chi connectivity index (χ1v) is 9.86. The fraction of sp³-hybridized carbons (Fsp3) is 0.333. The Morgan fingerprint density at radius 3 is 2.87 bits per heavy atom. The number of allylic oxidation sites excluding steroid dienone is 2. The van der Waals surface area contributed by atoms with Crippen LogP contribution >= 0.6 is 0 Å². The molecular weight excluding hydrogens is 382 g/mol. The molecule has 0 amide bonds. The molecule has 6 rings (SSSR count). The van der Waals surface area contributed by atoms with Gasteiger partial charge in [-0.2, -0.15) is 4.98 Å². The first-order chi connectivity index (χ1) is 14.5. The van der Waals surface area contributed by atoms with Crippen LogP contribution in [0.2, 0.25) is 0 Å². The summed E-state index contributed by atoms with van der Waals surface area (Å²) >= 11 is 0. The van der Waals surface area contributed by atoms with Gasteiger partial charge in [0, 0.05) is 24.6 Å². The van der Waals surface area contributed by atoms with Gasteiger partial charge in [0.1, 0.15) is 12.9 Å². The molecule has 9 heteroatoms. The SMILES string of the molecule is Cn1cnc2ncn(Cc3nc([C@H]4[C@@H]5CC(c6ccccn6)=CC54C)no3)c(=O)c21. The monoisotopic (exact) mass is 401 g/mol. The van der Waals surface area contributed by atoms with Crippen LogP contribution in [-0.2, 0) is 13.6 Å². The third-order valence-electron chi connectivity index (χ3n) is 6.45. The molecule has 0 spiro atoms. The van der Waals surface area contributed by atoms with E-state index in [1.54, 1.807) is 17.9 Å². The Kier molecular flexibility index (Phi) is 3.42. The summed E-state index contributed by atoms with van der Waals surface area (Å²) in [6, 6.07) is 5.99. The van der Waals surface area contributed by atoms with Crippen LogP contribution in [0.5, 0.6) is 0 Å². The maximum absolute atomic E-state index is 12.7. The topological polar surface area (TPSA) is 105 Å². The summed E-state index contributed by atoms with van der Waals surface area (Å²) in [6.07, 6.45) is 8.14. The average molecular weight is 401 g/mol. The highest BCUT2D eigenvalue weighted by molar-refractivity contribution is 5.70. The molecule has 30 heavy (non-hydrogen) atoms. The Labute approximate surface area is 171 Å². The summed E-state index contributed by atoms with van der Waals surface area (Å²) in [5, 5.41) is 4.22. The highest BCUT2D eigenvalue weighted by Crippen LogP contribution is 2.71. The van der Waals surface area contributed by atoms with Gasteiger partial charge >= 0.3 is 0 Å². The number of hydrogen-bond donors (Lipinski definition) is 0. The van der Waals surface area contributed by atoms with E-state index in [4.69, 9.17) is 4.52 Å². The third kappa shape index (κ3) is 2.41. The second-order valence-corrected chi connectivity index (χ2v) is 8.29. The summed E-state index contributed by atoms with van der Waals surface area (Å²) in [4.78, 5) is 30.1. The fourth-order valence-electron chi connectivity index (χ4n) is 4.81. The van der Waals surface area contributed by atoms with Gasteiger partial charge in [0.05, 0.1) is 12.0 Å². The van der Waals surface area contributed by atoms with E-state index in [1.165, 1.54) is 16.5 Å². The quantitative estimate of drug-likeness (QED) is 0.516. The minimum Gasteiger partial charge on any atom is -0.337 e. The molecule has 9 nitrogen and oxygen atoms in total. The van der Waals surface area contributed by atoms with Crippen molar-refractivity contribution in [3.63, 3.8) is 0 Å². The predicted octanol–water partition coefficient (Wildman–Crippen LogP) is 2.16. The van der Waals surface area contributed by atoms with Gasteiger partial charge in [-0.15, -0.1) is 0 Å². The Morgan fingerprint density at radius 2 is 2.10 bits per heavy atom. The molecule has 0 aromatic carbocycles. The van der Waals surface area contributed by atoms with Gasteiger partial charge in [-0.25, -0.2) is 9.97 Å². The van der Waals surface area contributed by atoms with Crippen molar-refractivity contribution in [3.05, 3.63) is 70.9 Å². The lowest BCUT2D eigenvalue weighted by Gasteiger charge is -2.06. The van der Waals surface area contributed by atoms with Crippen LogP contribution in [0.4, 0.5) is 0 Å². The molecule has 2 aliphatic carbocycles. The molecule has 0 aliphatic heterocycles. The zero-order valence-corrected chi connectivity index (χ0v) is 16.6. The highest BCUT2D eigenvalue weighted by Gasteiger charge is 2.65. The Morgan fingerprint density at radius 1 is 1.23 bits per heavy atom. The van der Waals surface area contributed by atoms with Crippen LogP contribution in [0.15, 0.2) is 52.4 Å². The fourth-order valence-corrected chi connectivity index (χ4v) is 4.81. The van der Waals surface area contributed by atoms with E-state index in [0.717, 1.165) is 12.1 Å². The number of imidazole rings is 1. The van der Waals surface area contributed by atoms with Crippen molar-refractivity contribution in [1.29, 1.82) is 0 Å². The van der Waals surface area contributed by atoms with E-state index in [0.29, 0.717) is 28.8 Å². The third-order valence-corrected chi connectivity index (χ3v) is 6.45. The highest BCUT2D eigenvalue weighted by atomic mass is 16.5. The van der Waals surface area contributed by atoms with E-state index in [-0.39, 0.29) is 23.4 Å². The van der Waals surface area contributed by atoms with Crippen molar-refractivity contribution in [2.75, 3.05) is 0 Å². The van der Waals surface area contributed by atoms with Gasteiger partial charge in [-0.1, -0.05) is 24.2 Å². The van der Waals surface area contributed by atoms with Crippen LogP contribution in [0.3, 0.4) is 0 Å². The molecule has 0 N–H and O–H groups in total. The number of rotatable bonds is 4. The van der Waals surface area contributed by atoms with Gasteiger partial charge in [-0.05, 0) is 30.0 Å². The normalized spacial score (nSPS) is 24.8. The standard InChI is InChI=1S/C21H19N7O2/c1-21-8-12(14-5-3-4-6-22-14)7-13(21)16(21)18-25-15(30-26-18)9-28-11-24-19-17(20(28)29)27(2)10-23-19/h3-6,8,10-11,13,16H,7,9H2,1-2H3/t13-,16+,21?/m0/s1. The molecule has 2 aliphatic rings. The minimum absolute atomic E-state index is 0.0278. The molecule has 0 saturated heterocycles. The molecule has 1 fully saturated rings. The van der Waals surface area contributed by atoms with E-state index >= 15 is 0 Å². The molecule has 4 aromatic rings. The average Bonchev–Trinajstić information content (AvgIpc) is 3.20. The molecule has 1 saturated carbocycles. The molecular formula is C21H19N7O2. The molecule has 0 radical (unpaired) electrons. The van der Waals surface area contributed by atoms with Crippen molar-refractivity contribution in [1.82, 2.24) is 34.2 Å². The number of fused-ring (bicyclic) bond motifs is 2. The Bertz CT molecular complexity index is 1370. The number of hydrogen-bond acceptors (Lipinski definition) is 7. The lowest BCUT2D eigenvalue weighted by molar-refractivity contribution is 0.363. The van der Waals surface area contributed by atoms with Gasteiger partial charge < -0.3 is 9.09 Å². The molecule has 1 unspecified atom stereocenters. The lowest BCUT2D eigenvalue weighted by atomic mass is 10.0. The summed E-state index contributed by atoms with van der Waals surface area (Å²) < 4.78 is 8.60. The first kappa shape index (κ1) is 17.3. The van der Waals surface area contributed by atoms with Crippen LogP contribution < -0.4 is 5.56 Å². The maximum atomic E-state index is 12.7. The van der Waals surface area contributed by atoms with Gasteiger partial charge in [0.15, 0.2) is 17.0 Å². The first-order valence-electron chi connectivity index (χ1n) is 9.86. The Hall–Kier alpha value is -3.62. The maximum Gasteiger partial charge on any atom is 0.280 e. The zero-order valence-electron chi connectivity index (χ0n) is 16.6. The predicted molar refractivity (Wildman–Crippen MR) is 107 cm³/mol. The van der Waals surface area contributed by atoms with Crippen molar-refractivity contribution in [2.24, 2.45) is 18.4 Å². The van der Waals surface area contributed by atoms with E-state index in [1.807, 2.05) is 24.4 Å². The Balaban J connectivity index is 1.25. The van der Waals surface area contributed by atoms with Gasteiger partial charge in [-0.3, -0.25) is 14.3 Å². The van der Waals surface area contributed by atoms with Crippen LogP contribution in [0.25, 0.3) is 16.7 Å².